The SMILES string of the molecule is CC(=O)c1ccc(N2CCN(C(=O)c3cccc(OCC(C)C)c3)CC2)cc1. The molecule has 28 heavy (non-hydrogen) atoms. The molecular weight excluding hydrogens is 352 g/mol. The topological polar surface area (TPSA) is 49.9 Å². The molecule has 0 aromatic heterocycles. The largest absolute Gasteiger partial charge is 0.493 e. The Hall–Kier alpha value is -2.82. The van der Waals surface area contributed by atoms with Gasteiger partial charge in [-0.25, -0.2) is 0 Å². The van der Waals surface area contributed by atoms with Crippen LogP contribution < -0.4 is 9.64 Å². The van der Waals surface area contributed by atoms with E-state index in [0.29, 0.717) is 31.2 Å². The summed E-state index contributed by atoms with van der Waals surface area (Å²) in [6.45, 7) is 9.30. The van der Waals surface area contributed by atoms with Crippen molar-refractivity contribution in [3.8, 4) is 5.75 Å². The third kappa shape index (κ3) is 4.91. The van der Waals surface area contributed by atoms with Gasteiger partial charge in [0.2, 0.25) is 0 Å². The van der Waals surface area contributed by atoms with E-state index in [1.807, 2.05) is 53.4 Å². The molecule has 1 aliphatic heterocycles. The minimum atomic E-state index is 0.0431. The van der Waals surface area contributed by atoms with E-state index in [1.165, 1.54) is 0 Å². The Labute approximate surface area is 166 Å². The number of carbonyl (C=O) groups excluding carboxylic acids is 2. The summed E-state index contributed by atoms with van der Waals surface area (Å²) >= 11 is 0. The van der Waals surface area contributed by atoms with Crippen molar-refractivity contribution >= 4 is 17.4 Å². The van der Waals surface area contributed by atoms with Crippen molar-refractivity contribution in [2.45, 2.75) is 20.8 Å². The van der Waals surface area contributed by atoms with Crippen LogP contribution in [0.25, 0.3) is 0 Å². The lowest BCUT2D eigenvalue weighted by atomic mass is 10.1. The van der Waals surface area contributed by atoms with Crippen LogP contribution in [0.5, 0.6) is 5.75 Å². The molecule has 0 spiro atoms. The second-order valence-corrected chi connectivity index (χ2v) is 7.61. The van der Waals surface area contributed by atoms with Gasteiger partial charge in [-0.3, -0.25) is 9.59 Å². The number of ketones is 1. The molecule has 0 N–H and O–H groups in total. The van der Waals surface area contributed by atoms with Gasteiger partial charge in [0, 0.05) is 43.0 Å². The molecule has 0 atom stereocenters. The van der Waals surface area contributed by atoms with Crippen molar-refractivity contribution in [2.75, 3.05) is 37.7 Å². The number of rotatable bonds is 6. The lowest BCUT2D eigenvalue weighted by Crippen LogP contribution is -2.48. The number of anilines is 1. The number of Topliss-reactive ketones (excluding diaryl/α,β-unsaturated/α-hetero) is 1. The molecule has 1 amide bonds. The van der Waals surface area contributed by atoms with Crippen molar-refractivity contribution < 1.29 is 14.3 Å². The summed E-state index contributed by atoms with van der Waals surface area (Å²) in [4.78, 5) is 28.4. The number of carbonyl (C=O) groups is 2. The predicted octanol–water partition coefficient (Wildman–Crippen LogP) is 3.89. The van der Waals surface area contributed by atoms with E-state index >= 15 is 0 Å². The van der Waals surface area contributed by atoms with E-state index in [-0.39, 0.29) is 11.7 Å². The van der Waals surface area contributed by atoms with E-state index < -0.39 is 0 Å². The molecule has 0 unspecified atom stereocenters. The Morgan fingerprint density at radius 3 is 2.25 bits per heavy atom. The van der Waals surface area contributed by atoms with Crippen LogP contribution in [-0.4, -0.2) is 49.4 Å². The third-order valence-corrected chi connectivity index (χ3v) is 4.87. The molecule has 0 radical (unpaired) electrons. The van der Waals surface area contributed by atoms with Crippen LogP contribution >= 0.6 is 0 Å². The highest BCUT2D eigenvalue weighted by Crippen LogP contribution is 2.20. The van der Waals surface area contributed by atoms with Gasteiger partial charge in [0.05, 0.1) is 6.61 Å². The fraction of sp³-hybridized carbons (Fsp3) is 0.391. The predicted molar refractivity (Wildman–Crippen MR) is 111 cm³/mol. The van der Waals surface area contributed by atoms with Crippen LogP contribution in [0.4, 0.5) is 5.69 Å². The van der Waals surface area contributed by atoms with Crippen molar-refractivity contribution in [3.05, 3.63) is 59.7 Å². The maximum absolute atomic E-state index is 12.9. The fourth-order valence-corrected chi connectivity index (χ4v) is 3.24. The summed E-state index contributed by atoms with van der Waals surface area (Å²) in [7, 11) is 0. The van der Waals surface area contributed by atoms with Crippen molar-refractivity contribution in [1.29, 1.82) is 0 Å². The molecule has 0 saturated carbocycles. The first kappa shape index (κ1) is 19.9. The van der Waals surface area contributed by atoms with E-state index in [0.717, 1.165) is 30.1 Å². The molecule has 3 rings (SSSR count). The molecule has 1 saturated heterocycles. The van der Waals surface area contributed by atoms with E-state index in [2.05, 4.69) is 18.7 Å². The summed E-state index contributed by atoms with van der Waals surface area (Å²) in [6, 6.07) is 15.1. The smallest absolute Gasteiger partial charge is 0.254 e. The second-order valence-electron chi connectivity index (χ2n) is 7.61. The van der Waals surface area contributed by atoms with Crippen molar-refractivity contribution in [3.63, 3.8) is 0 Å². The molecule has 5 heteroatoms. The zero-order valence-electron chi connectivity index (χ0n) is 16.9. The summed E-state index contributed by atoms with van der Waals surface area (Å²) in [6.07, 6.45) is 0. The third-order valence-electron chi connectivity index (χ3n) is 4.87. The fourth-order valence-electron chi connectivity index (χ4n) is 3.24. The highest BCUT2D eigenvalue weighted by atomic mass is 16.5. The van der Waals surface area contributed by atoms with Crippen molar-refractivity contribution in [1.82, 2.24) is 4.90 Å². The molecule has 2 aromatic rings. The first-order valence-electron chi connectivity index (χ1n) is 9.82. The van der Waals surface area contributed by atoms with Gasteiger partial charge in [-0.1, -0.05) is 19.9 Å². The van der Waals surface area contributed by atoms with Gasteiger partial charge in [-0.15, -0.1) is 0 Å². The summed E-state index contributed by atoms with van der Waals surface area (Å²) in [5.41, 5.74) is 2.47. The number of hydrogen-bond acceptors (Lipinski definition) is 4. The molecule has 1 fully saturated rings. The Kier molecular flexibility index (Phi) is 6.34. The monoisotopic (exact) mass is 380 g/mol. The minimum absolute atomic E-state index is 0.0431. The first-order valence-corrected chi connectivity index (χ1v) is 9.82. The zero-order valence-corrected chi connectivity index (χ0v) is 16.9. The standard InChI is InChI=1S/C23H28N2O3/c1-17(2)16-28-22-6-4-5-20(15-22)23(27)25-13-11-24(12-14-25)21-9-7-19(8-10-21)18(3)26/h4-10,15,17H,11-14,16H2,1-3H3. The zero-order chi connectivity index (χ0) is 20.1. The lowest BCUT2D eigenvalue weighted by molar-refractivity contribution is 0.0746. The number of hydrogen-bond donors (Lipinski definition) is 0. The summed E-state index contributed by atoms with van der Waals surface area (Å²) < 4.78 is 5.74. The number of benzene rings is 2. The van der Waals surface area contributed by atoms with Crippen LogP contribution in [0, 0.1) is 5.92 Å². The van der Waals surface area contributed by atoms with Crippen LogP contribution in [0.15, 0.2) is 48.5 Å². The highest BCUT2D eigenvalue weighted by molar-refractivity contribution is 5.95. The van der Waals surface area contributed by atoms with Gasteiger partial charge in [-0.2, -0.15) is 0 Å². The van der Waals surface area contributed by atoms with Gasteiger partial charge in [0.15, 0.2) is 5.78 Å². The first-order chi connectivity index (χ1) is 13.4. The van der Waals surface area contributed by atoms with E-state index in [9.17, 15) is 9.59 Å². The van der Waals surface area contributed by atoms with Crippen molar-refractivity contribution in [2.24, 2.45) is 5.92 Å². The second kappa shape index (κ2) is 8.91. The molecule has 5 nitrogen and oxygen atoms in total. The molecule has 0 aliphatic carbocycles. The van der Waals surface area contributed by atoms with Gasteiger partial charge in [0.1, 0.15) is 5.75 Å². The Balaban J connectivity index is 1.59. The number of nitrogens with zero attached hydrogens (tertiary/aromatic N) is 2. The molecule has 1 aliphatic rings. The Morgan fingerprint density at radius 2 is 1.64 bits per heavy atom. The maximum Gasteiger partial charge on any atom is 0.254 e. The lowest BCUT2D eigenvalue weighted by Gasteiger charge is -2.36. The average Bonchev–Trinajstić information content (AvgIpc) is 2.72. The van der Waals surface area contributed by atoms with Crippen LogP contribution in [0.3, 0.4) is 0 Å². The molecule has 2 aromatic carbocycles. The summed E-state index contributed by atoms with van der Waals surface area (Å²) in [5, 5.41) is 0. The average molecular weight is 380 g/mol. The van der Waals surface area contributed by atoms with E-state index in [4.69, 9.17) is 4.74 Å². The quantitative estimate of drug-likeness (QED) is 0.714. The van der Waals surface area contributed by atoms with Crippen LogP contribution in [0.1, 0.15) is 41.5 Å². The van der Waals surface area contributed by atoms with Gasteiger partial charge in [-0.05, 0) is 55.3 Å². The molecule has 148 valence electrons. The molecular formula is C23H28N2O3. The molecule has 0 bridgehead atoms. The van der Waals surface area contributed by atoms with E-state index in [1.54, 1.807) is 6.92 Å². The van der Waals surface area contributed by atoms with Gasteiger partial charge >= 0.3 is 0 Å². The number of piperazine rings is 1. The maximum atomic E-state index is 12.9. The van der Waals surface area contributed by atoms with Crippen LogP contribution in [-0.2, 0) is 0 Å². The van der Waals surface area contributed by atoms with Crippen LogP contribution in [0.2, 0.25) is 0 Å². The van der Waals surface area contributed by atoms with Gasteiger partial charge in [0.25, 0.3) is 5.91 Å². The number of ether oxygens (including phenoxy) is 1. The minimum Gasteiger partial charge on any atom is -0.493 e. The Morgan fingerprint density at radius 1 is 0.964 bits per heavy atom. The normalized spacial score (nSPS) is 14.3. The van der Waals surface area contributed by atoms with Gasteiger partial charge < -0.3 is 14.5 Å². The summed E-state index contributed by atoms with van der Waals surface area (Å²) in [5.74, 6) is 1.30. The molecule has 1 heterocycles. The highest BCUT2D eigenvalue weighted by Gasteiger charge is 2.22. The number of amides is 1. The Bertz CT molecular complexity index is 822.